The maximum atomic E-state index is 14.3. The van der Waals surface area contributed by atoms with Gasteiger partial charge in [0.05, 0.1) is 24.3 Å². The van der Waals surface area contributed by atoms with E-state index in [0.717, 1.165) is 36.1 Å². The van der Waals surface area contributed by atoms with Gasteiger partial charge in [-0.25, -0.2) is 9.18 Å². The lowest BCUT2D eigenvalue weighted by molar-refractivity contribution is 0.0697. The van der Waals surface area contributed by atoms with Gasteiger partial charge in [-0.15, -0.1) is 0 Å². The van der Waals surface area contributed by atoms with Crippen molar-refractivity contribution in [3.63, 3.8) is 0 Å². The van der Waals surface area contributed by atoms with E-state index in [2.05, 4.69) is 6.07 Å². The number of nitriles is 1. The third-order valence-corrected chi connectivity index (χ3v) is 7.02. The monoisotopic (exact) mass is 470 g/mol. The summed E-state index contributed by atoms with van der Waals surface area (Å²) in [5, 5.41) is 30.7. The van der Waals surface area contributed by atoms with Crippen LogP contribution in [0.2, 0.25) is 0 Å². The van der Waals surface area contributed by atoms with Gasteiger partial charge in [0.25, 0.3) is 0 Å². The summed E-state index contributed by atoms with van der Waals surface area (Å²) in [6.07, 6.45) is 2.81. The van der Waals surface area contributed by atoms with E-state index >= 15 is 0 Å². The summed E-state index contributed by atoms with van der Waals surface area (Å²) < 4.78 is 21.5. The van der Waals surface area contributed by atoms with Crippen molar-refractivity contribution in [2.45, 2.75) is 31.1 Å². The topological polar surface area (TPSA) is 95.5 Å². The Hall–Kier alpha value is -4.31. The molecule has 6 nitrogen and oxygen atoms in total. The Balaban J connectivity index is 1.92. The maximum Gasteiger partial charge on any atom is 0.335 e. The number of benzene rings is 3. The fourth-order valence-corrected chi connectivity index (χ4v) is 5.19. The number of hydrogen-bond acceptors (Lipinski definition) is 4. The van der Waals surface area contributed by atoms with Gasteiger partial charge >= 0.3 is 5.97 Å². The number of aromatic carboxylic acids is 1. The van der Waals surface area contributed by atoms with Crippen molar-refractivity contribution in [3.05, 3.63) is 77.7 Å². The number of aromatic nitrogens is 1. The quantitative estimate of drug-likeness (QED) is 0.351. The molecule has 3 aromatic carbocycles. The first-order chi connectivity index (χ1) is 16.9. The van der Waals surface area contributed by atoms with E-state index in [1.807, 2.05) is 10.6 Å². The van der Waals surface area contributed by atoms with Gasteiger partial charge in [-0.2, -0.15) is 5.26 Å². The normalized spacial score (nSPS) is 14.3. The van der Waals surface area contributed by atoms with Crippen molar-refractivity contribution in [3.8, 4) is 34.4 Å². The second kappa shape index (κ2) is 8.48. The summed E-state index contributed by atoms with van der Waals surface area (Å²) in [4.78, 5) is 11.4. The molecule has 0 radical (unpaired) electrons. The number of halogens is 1. The van der Waals surface area contributed by atoms with Crippen LogP contribution in [0.25, 0.3) is 27.7 Å². The number of carboxylic acids is 1. The van der Waals surface area contributed by atoms with Crippen molar-refractivity contribution in [2.75, 3.05) is 7.11 Å². The smallest absolute Gasteiger partial charge is 0.335 e. The maximum absolute atomic E-state index is 14.3. The van der Waals surface area contributed by atoms with Crippen LogP contribution in [0.15, 0.2) is 60.7 Å². The Morgan fingerprint density at radius 1 is 1.17 bits per heavy atom. The molecule has 1 fully saturated rings. The summed E-state index contributed by atoms with van der Waals surface area (Å²) in [5.41, 5.74) is 3.35. The molecule has 35 heavy (non-hydrogen) atoms. The Morgan fingerprint density at radius 3 is 2.51 bits per heavy atom. The Kier molecular flexibility index (Phi) is 5.45. The highest BCUT2D eigenvalue weighted by molar-refractivity contribution is 6.04. The van der Waals surface area contributed by atoms with Crippen molar-refractivity contribution in [1.29, 1.82) is 5.26 Å². The van der Waals surface area contributed by atoms with Gasteiger partial charge < -0.3 is 19.5 Å². The molecule has 0 aliphatic heterocycles. The molecule has 1 saturated carbocycles. The van der Waals surface area contributed by atoms with Crippen LogP contribution in [-0.2, 0) is 5.41 Å². The van der Waals surface area contributed by atoms with E-state index in [1.165, 1.54) is 25.3 Å². The van der Waals surface area contributed by atoms with E-state index in [9.17, 15) is 24.7 Å². The summed E-state index contributed by atoms with van der Waals surface area (Å²) in [6, 6.07) is 18.7. The third-order valence-electron chi connectivity index (χ3n) is 7.02. The van der Waals surface area contributed by atoms with Gasteiger partial charge in [0.2, 0.25) is 0 Å². The first-order valence-electron chi connectivity index (χ1n) is 11.3. The van der Waals surface area contributed by atoms with Crippen LogP contribution in [0.3, 0.4) is 0 Å². The first kappa shape index (κ1) is 22.5. The fourth-order valence-electron chi connectivity index (χ4n) is 5.19. The minimum absolute atomic E-state index is 0.0697. The van der Waals surface area contributed by atoms with E-state index in [0.29, 0.717) is 16.6 Å². The standard InChI is InChI=1S/C28H23FN2O4/c1-35-23-16-19(10-11-20(23)29)31-21-4-2-5-22(32)25(21)24(17-6-8-18(9-7-17)27(33)34)26(31)28(14-15-30)12-3-13-28/h2,4-11,16,32H,3,12-14H2,1H3,(H,33,34). The lowest BCUT2D eigenvalue weighted by Gasteiger charge is -2.42. The zero-order valence-electron chi connectivity index (χ0n) is 19.1. The van der Waals surface area contributed by atoms with Crippen molar-refractivity contribution >= 4 is 16.9 Å². The SMILES string of the molecule is COc1cc(-n2c(C3(CC#N)CCC3)c(-c3ccc(C(=O)O)cc3)c3c(O)cccc32)ccc1F. The lowest BCUT2D eigenvalue weighted by atomic mass is 9.63. The number of ether oxygens (including phenoxy) is 1. The largest absolute Gasteiger partial charge is 0.507 e. The number of rotatable bonds is 6. The summed E-state index contributed by atoms with van der Waals surface area (Å²) in [5.74, 6) is -1.36. The minimum atomic E-state index is -1.03. The molecular weight excluding hydrogens is 447 g/mol. The molecule has 1 aliphatic rings. The van der Waals surface area contributed by atoms with E-state index < -0.39 is 17.2 Å². The molecule has 1 heterocycles. The number of carbonyl (C=O) groups is 1. The van der Waals surface area contributed by atoms with Crippen molar-refractivity contribution < 1.29 is 24.1 Å². The van der Waals surface area contributed by atoms with Crippen molar-refractivity contribution in [2.24, 2.45) is 0 Å². The highest BCUT2D eigenvalue weighted by atomic mass is 19.1. The molecule has 0 saturated heterocycles. The molecule has 0 unspecified atom stereocenters. The zero-order valence-corrected chi connectivity index (χ0v) is 19.1. The zero-order chi connectivity index (χ0) is 24.7. The van der Waals surface area contributed by atoms with Crippen LogP contribution in [0, 0.1) is 17.1 Å². The molecule has 0 amide bonds. The van der Waals surface area contributed by atoms with E-state index in [-0.39, 0.29) is 23.5 Å². The molecule has 0 bridgehead atoms. The van der Waals surface area contributed by atoms with Gasteiger partial charge in [-0.05, 0) is 54.8 Å². The van der Waals surface area contributed by atoms with Crippen LogP contribution in [0.5, 0.6) is 11.5 Å². The second-order valence-electron chi connectivity index (χ2n) is 8.90. The van der Waals surface area contributed by atoms with Gasteiger partial charge in [-0.1, -0.05) is 24.6 Å². The number of nitrogens with zero attached hydrogens (tertiary/aromatic N) is 2. The third kappa shape index (κ3) is 3.50. The van der Waals surface area contributed by atoms with Gasteiger partial charge in [-0.3, -0.25) is 0 Å². The highest BCUT2D eigenvalue weighted by Crippen LogP contribution is 2.54. The van der Waals surface area contributed by atoms with Gasteiger partial charge in [0.1, 0.15) is 5.75 Å². The predicted molar refractivity (Wildman–Crippen MR) is 130 cm³/mol. The Labute approximate surface area is 201 Å². The summed E-state index contributed by atoms with van der Waals surface area (Å²) >= 11 is 0. The Bertz CT molecular complexity index is 1490. The number of phenols is 1. The average Bonchev–Trinajstić information content (AvgIpc) is 3.18. The predicted octanol–water partition coefficient (Wildman–Crippen LogP) is 6.18. The Morgan fingerprint density at radius 2 is 1.91 bits per heavy atom. The van der Waals surface area contributed by atoms with E-state index in [1.54, 1.807) is 36.4 Å². The molecule has 4 aromatic rings. The summed E-state index contributed by atoms with van der Waals surface area (Å²) in [6.45, 7) is 0. The van der Waals surface area contributed by atoms with Gasteiger partial charge in [0.15, 0.2) is 11.6 Å². The number of hydrogen-bond donors (Lipinski definition) is 2. The average molecular weight is 471 g/mol. The molecule has 0 spiro atoms. The number of methoxy groups -OCH3 is 1. The number of carboxylic acid groups (broad SMARTS) is 1. The fraction of sp³-hybridized carbons (Fsp3) is 0.214. The molecular formula is C28H23FN2O4. The lowest BCUT2D eigenvalue weighted by Crippen LogP contribution is -2.36. The molecule has 2 N–H and O–H groups in total. The minimum Gasteiger partial charge on any atom is -0.507 e. The van der Waals surface area contributed by atoms with Crippen LogP contribution in [0.1, 0.15) is 41.7 Å². The highest BCUT2D eigenvalue weighted by Gasteiger charge is 2.44. The number of aromatic hydroxyl groups is 1. The molecule has 1 aliphatic carbocycles. The molecule has 1 aromatic heterocycles. The van der Waals surface area contributed by atoms with Crippen LogP contribution < -0.4 is 4.74 Å². The van der Waals surface area contributed by atoms with Crippen molar-refractivity contribution in [1.82, 2.24) is 4.57 Å². The summed E-state index contributed by atoms with van der Waals surface area (Å²) in [7, 11) is 1.40. The molecule has 5 rings (SSSR count). The van der Waals surface area contributed by atoms with Crippen LogP contribution in [0.4, 0.5) is 4.39 Å². The molecule has 0 atom stereocenters. The van der Waals surface area contributed by atoms with Gasteiger partial charge in [0, 0.05) is 40.2 Å². The number of phenolic OH excluding ortho intramolecular Hbond substituents is 1. The van der Waals surface area contributed by atoms with E-state index in [4.69, 9.17) is 4.74 Å². The van der Waals surface area contributed by atoms with Crippen LogP contribution >= 0.6 is 0 Å². The molecule has 7 heteroatoms. The molecule has 176 valence electrons. The second-order valence-corrected chi connectivity index (χ2v) is 8.90. The van der Waals surface area contributed by atoms with Crippen LogP contribution in [-0.4, -0.2) is 27.9 Å². The number of fused-ring (bicyclic) bond motifs is 1. The first-order valence-corrected chi connectivity index (χ1v) is 11.3.